The molecule has 0 aliphatic heterocycles. The van der Waals surface area contributed by atoms with Gasteiger partial charge >= 0.3 is 0 Å². The van der Waals surface area contributed by atoms with E-state index in [0.717, 1.165) is 5.75 Å². The SMILES string of the molecule is SCC=C1CCCC1. The van der Waals surface area contributed by atoms with E-state index in [9.17, 15) is 0 Å². The first kappa shape index (κ1) is 6.21. The van der Waals surface area contributed by atoms with Crippen LogP contribution in [0.15, 0.2) is 11.6 Å². The summed E-state index contributed by atoms with van der Waals surface area (Å²) in [5.74, 6) is 0.926. The van der Waals surface area contributed by atoms with Crippen molar-refractivity contribution in [2.45, 2.75) is 25.7 Å². The van der Waals surface area contributed by atoms with Crippen LogP contribution in [0.3, 0.4) is 0 Å². The average molecular weight is 128 g/mol. The predicted octanol–water partition coefficient (Wildman–Crippen LogP) is 2.42. The third-order valence-corrected chi connectivity index (χ3v) is 1.81. The summed E-state index contributed by atoms with van der Waals surface area (Å²) in [5.41, 5.74) is 1.63. The first-order valence-corrected chi connectivity index (χ1v) is 3.85. The Morgan fingerprint density at radius 3 is 2.50 bits per heavy atom. The first-order chi connectivity index (χ1) is 3.93. The van der Waals surface area contributed by atoms with Crippen LogP contribution >= 0.6 is 12.6 Å². The molecule has 1 fully saturated rings. The van der Waals surface area contributed by atoms with Crippen molar-refractivity contribution in [3.63, 3.8) is 0 Å². The van der Waals surface area contributed by atoms with Crippen LogP contribution in [0.2, 0.25) is 0 Å². The summed E-state index contributed by atoms with van der Waals surface area (Å²) < 4.78 is 0. The highest BCUT2D eigenvalue weighted by Gasteiger charge is 2.03. The van der Waals surface area contributed by atoms with Crippen molar-refractivity contribution >= 4 is 12.6 Å². The zero-order chi connectivity index (χ0) is 5.82. The molecule has 1 rings (SSSR count). The fourth-order valence-electron chi connectivity index (χ4n) is 1.16. The predicted molar refractivity (Wildman–Crippen MR) is 40.4 cm³/mol. The molecule has 0 heterocycles. The van der Waals surface area contributed by atoms with Crippen molar-refractivity contribution in [2.75, 3.05) is 5.75 Å². The lowest BCUT2D eigenvalue weighted by Crippen LogP contribution is -1.71. The topological polar surface area (TPSA) is 0 Å². The van der Waals surface area contributed by atoms with E-state index >= 15 is 0 Å². The minimum absolute atomic E-state index is 0.926. The van der Waals surface area contributed by atoms with Crippen LogP contribution in [-0.2, 0) is 0 Å². The second kappa shape index (κ2) is 3.18. The van der Waals surface area contributed by atoms with Crippen molar-refractivity contribution in [3.05, 3.63) is 11.6 Å². The fraction of sp³-hybridized carbons (Fsp3) is 0.714. The molecule has 0 aromatic heterocycles. The minimum Gasteiger partial charge on any atom is -0.175 e. The monoisotopic (exact) mass is 128 g/mol. The van der Waals surface area contributed by atoms with Gasteiger partial charge < -0.3 is 0 Å². The molecule has 0 atom stereocenters. The molecule has 0 N–H and O–H groups in total. The number of thiol groups is 1. The molecule has 8 heavy (non-hydrogen) atoms. The molecule has 0 aromatic carbocycles. The summed E-state index contributed by atoms with van der Waals surface area (Å²) in [4.78, 5) is 0. The van der Waals surface area contributed by atoms with Gasteiger partial charge in [0, 0.05) is 5.75 Å². The summed E-state index contributed by atoms with van der Waals surface area (Å²) in [6, 6.07) is 0. The summed E-state index contributed by atoms with van der Waals surface area (Å²) >= 11 is 4.12. The molecule has 0 nitrogen and oxygen atoms in total. The van der Waals surface area contributed by atoms with Crippen molar-refractivity contribution in [1.82, 2.24) is 0 Å². The Labute approximate surface area is 56.4 Å². The molecule has 0 spiro atoms. The maximum atomic E-state index is 4.12. The summed E-state index contributed by atoms with van der Waals surface area (Å²) in [6.07, 6.45) is 7.72. The Balaban J connectivity index is 2.33. The second-order valence-corrected chi connectivity index (χ2v) is 2.62. The Morgan fingerprint density at radius 1 is 1.38 bits per heavy atom. The quantitative estimate of drug-likeness (QED) is 0.407. The standard InChI is InChI=1S/C7H12S/c8-6-5-7-3-1-2-4-7/h5,8H,1-4,6H2. The fourth-order valence-corrected chi connectivity index (χ4v) is 1.42. The van der Waals surface area contributed by atoms with Gasteiger partial charge in [0.05, 0.1) is 0 Å². The van der Waals surface area contributed by atoms with E-state index in [1.807, 2.05) is 0 Å². The number of hydrogen-bond donors (Lipinski definition) is 1. The molecule has 46 valence electrons. The third kappa shape index (κ3) is 1.55. The normalized spacial score (nSPS) is 19.4. The zero-order valence-corrected chi connectivity index (χ0v) is 5.95. The van der Waals surface area contributed by atoms with Crippen molar-refractivity contribution in [1.29, 1.82) is 0 Å². The van der Waals surface area contributed by atoms with Crippen molar-refractivity contribution < 1.29 is 0 Å². The maximum Gasteiger partial charge on any atom is 0.00851 e. The van der Waals surface area contributed by atoms with E-state index < -0.39 is 0 Å². The number of rotatable bonds is 1. The van der Waals surface area contributed by atoms with Gasteiger partial charge in [-0.1, -0.05) is 11.6 Å². The van der Waals surface area contributed by atoms with Gasteiger partial charge in [-0.3, -0.25) is 0 Å². The largest absolute Gasteiger partial charge is 0.175 e. The van der Waals surface area contributed by atoms with Crippen LogP contribution in [0, 0.1) is 0 Å². The van der Waals surface area contributed by atoms with Crippen LogP contribution in [-0.4, -0.2) is 5.75 Å². The molecule has 0 bridgehead atoms. The van der Waals surface area contributed by atoms with Crippen LogP contribution in [0.4, 0.5) is 0 Å². The molecule has 1 heteroatoms. The van der Waals surface area contributed by atoms with E-state index in [0.29, 0.717) is 0 Å². The molecule has 0 saturated heterocycles. The first-order valence-electron chi connectivity index (χ1n) is 3.22. The van der Waals surface area contributed by atoms with Crippen LogP contribution in [0.1, 0.15) is 25.7 Å². The molecule has 1 aliphatic carbocycles. The van der Waals surface area contributed by atoms with Gasteiger partial charge in [-0.25, -0.2) is 0 Å². The highest BCUT2D eigenvalue weighted by Crippen LogP contribution is 2.23. The van der Waals surface area contributed by atoms with Gasteiger partial charge in [0.2, 0.25) is 0 Å². The lowest BCUT2D eigenvalue weighted by atomic mass is 10.2. The minimum atomic E-state index is 0.926. The highest BCUT2D eigenvalue weighted by molar-refractivity contribution is 7.80. The average Bonchev–Trinajstić information content (AvgIpc) is 2.19. The van der Waals surface area contributed by atoms with Crippen LogP contribution < -0.4 is 0 Å². The maximum absolute atomic E-state index is 4.12. The summed E-state index contributed by atoms with van der Waals surface area (Å²) in [6.45, 7) is 0. The molecule has 0 radical (unpaired) electrons. The number of hydrogen-bond acceptors (Lipinski definition) is 1. The van der Waals surface area contributed by atoms with Gasteiger partial charge in [0.15, 0.2) is 0 Å². The second-order valence-electron chi connectivity index (χ2n) is 2.25. The molecular weight excluding hydrogens is 116 g/mol. The molecule has 0 amide bonds. The van der Waals surface area contributed by atoms with E-state index in [1.165, 1.54) is 25.7 Å². The third-order valence-electron chi connectivity index (χ3n) is 1.63. The summed E-state index contributed by atoms with van der Waals surface area (Å²) in [5, 5.41) is 0. The number of allylic oxidation sites excluding steroid dienone is 1. The highest BCUT2D eigenvalue weighted by atomic mass is 32.1. The lowest BCUT2D eigenvalue weighted by Gasteiger charge is -1.88. The molecule has 1 aliphatic rings. The van der Waals surface area contributed by atoms with Gasteiger partial charge in [-0.05, 0) is 25.7 Å². The Morgan fingerprint density at radius 2 is 2.00 bits per heavy atom. The van der Waals surface area contributed by atoms with Gasteiger partial charge in [0.25, 0.3) is 0 Å². The van der Waals surface area contributed by atoms with Gasteiger partial charge in [-0.2, -0.15) is 12.6 Å². The van der Waals surface area contributed by atoms with E-state index in [4.69, 9.17) is 0 Å². The Hall–Kier alpha value is 0.0900. The van der Waals surface area contributed by atoms with Crippen LogP contribution in [0.5, 0.6) is 0 Å². The summed E-state index contributed by atoms with van der Waals surface area (Å²) in [7, 11) is 0. The van der Waals surface area contributed by atoms with E-state index in [2.05, 4.69) is 18.7 Å². The smallest absolute Gasteiger partial charge is 0.00851 e. The molecule has 0 unspecified atom stereocenters. The van der Waals surface area contributed by atoms with Crippen molar-refractivity contribution in [2.24, 2.45) is 0 Å². The molecule has 1 saturated carbocycles. The Kier molecular flexibility index (Phi) is 2.47. The Bertz CT molecular complexity index is 86.6. The van der Waals surface area contributed by atoms with E-state index in [-0.39, 0.29) is 0 Å². The van der Waals surface area contributed by atoms with Gasteiger partial charge in [-0.15, -0.1) is 0 Å². The molecular formula is C7H12S. The lowest BCUT2D eigenvalue weighted by molar-refractivity contribution is 0.886. The van der Waals surface area contributed by atoms with Crippen LogP contribution in [0.25, 0.3) is 0 Å². The van der Waals surface area contributed by atoms with Crippen molar-refractivity contribution in [3.8, 4) is 0 Å². The van der Waals surface area contributed by atoms with Gasteiger partial charge in [0.1, 0.15) is 0 Å². The zero-order valence-electron chi connectivity index (χ0n) is 5.06. The van der Waals surface area contributed by atoms with E-state index in [1.54, 1.807) is 5.57 Å². The molecule has 0 aromatic rings.